The van der Waals surface area contributed by atoms with Gasteiger partial charge >= 0.3 is 0 Å². The van der Waals surface area contributed by atoms with E-state index in [-0.39, 0.29) is 24.8 Å². The van der Waals surface area contributed by atoms with E-state index in [0.717, 1.165) is 29.7 Å². The van der Waals surface area contributed by atoms with Gasteiger partial charge in [-0.25, -0.2) is 0 Å². The zero-order valence-corrected chi connectivity index (χ0v) is 19.8. The molecule has 2 aliphatic rings. The number of rotatable bonds is 6. The molecule has 0 N–H and O–H groups in total. The molecule has 1 unspecified atom stereocenters. The van der Waals surface area contributed by atoms with Crippen LogP contribution in [0.5, 0.6) is 23.0 Å². The standard InChI is InChI=1S/C25H30N2O6/c1-15-8-9-19(30-2)23-18(15)7-6-10-26(23)25(29)16-11-22(28)27(14-16)17-12-20(31-3)24(33-5)21(13-17)32-4/h8-9,12-13,16H,6-7,10-11,14H2,1-5H3. The van der Waals surface area contributed by atoms with Crippen LogP contribution in [0.3, 0.4) is 0 Å². The van der Waals surface area contributed by atoms with Crippen LogP contribution in [0.1, 0.15) is 24.0 Å². The largest absolute Gasteiger partial charge is 0.495 e. The molecule has 2 aromatic rings. The van der Waals surface area contributed by atoms with Crippen molar-refractivity contribution >= 4 is 23.2 Å². The van der Waals surface area contributed by atoms with Crippen LogP contribution in [0.4, 0.5) is 11.4 Å². The molecule has 1 atom stereocenters. The van der Waals surface area contributed by atoms with Gasteiger partial charge in [0.05, 0.1) is 45.7 Å². The minimum atomic E-state index is -0.451. The summed E-state index contributed by atoms with van der Waals surface area (Å²) in [6, 6.07) is 7.39. The van der Waals surface area contributed by atoms with Gasteiger partial charge in [-0.15, -0.1) is 0 Å². The molecule has 176 valence electrons. The molecule has 1 fully saturated rings. The van der Waals surface area contributed by atoms with E-state index in [0.29, 0.717) is 35.2 Å². The number of anilines is 2. The molecule has 0 aromatic heterocycles. The second-order valence-electron chi connectivity index (χ2n) is 8.29. The Morgan fingerprint density at radius 3 is 2.24 bits per heavy atom. The highest BCUT2D eigenvalue weighted by molar-refractivity contribution is 6.05. The van der Waals surface area contributed by atoms with Crippen LogP contribution in [-0.4, -0.2) is 53.3 Å². The quantitative estimate of drug-likeness (QED) is 0.666. The maximum absolute atomic E-state index is 13.6. The lowest BCUT2D eigenvalue weighted by Crippen LogP contribution is -2.41. The van der Waals surface area contributed by atoms with Crippen molar-refractivity contribution in [1.82, 2.24) is 0 Å². The Hall–Kier alpha value is -3.42. The molecule has 4 rings (SSSR count). The number of methoxy groups -OCH3 is 4. The summed E-state index contributed by atoms with van der Waals surface area (Å²) in [7, 11) is 6.21. The van der Waals surface area contributed by atoms with Crippen molar-refractivity contribution in [3.63, 3.8) is 0 Å². The number of ether oxygens (including phenoxy) is 4. The molecule has 2 aromatic carbocycles. The van der Waals surface area contributed by atoms with Crippen molar-refractivity contribution in [3.8, 4) is 23.0 Å². The number of hydrogen-bond donors (Lipinski definition) is 0. The van der Waals surface area contributed by atoms with Gasteiger partial charge in [0.15, 0.2) is 11.5 Å². The highest BCUT2D eigenvalue weighted by Crippen LogP contribution is 2.43. The normalized spacial score (nSPS) is 17.6. The average Bonchev–Trinajstić information content (AvgIpc) is 3.24. The summed E-state index contributed by atoms with van der Waals surface area (Å²) in [5.41, 5.74) is 3.73. The lowest BCUT2D eigenvalue weighted by molar-refractivity contribution is -0.124. The molecular weight excluding hydrogens is 424 g/mol. The van der Waals surface area contributed by atoms with E-state index in [1.165, 1.54) is 21.3 Å². The van der Waals surface area contributed by atoms with Crippen molar-refractivity contribution in [2.45, 2.75) is 26.2 Å². The smallest absolute Gasteiger partial charge is 0.232 e. The molecule has 0 spiro atoms. The van der Waals surface area contributed by atoms with Crippen LogP contribution >= 0.6 is 0 Å². The van der Waals surface area contributed by atoms with Gasteiger partial charge in [-0.05, 0) is 37.0 Å². The summed E-state index contributed by atoms with van der Waals surface area (Å²) in [5, 5.41) is 0. The van der Waals surface area contributed by atoms with Gasteiger partial charge in [0.2, 0.25) is 17.6 Å². The SMILES string of the molecule is COc1cc(N2CC(C(=O)N3CCCc4c(C)ccc(OC)c43)CC2=O)cc(OC)c1OC. The average molecular weight is 455 g/mol. The molecule has 0 radical (unpaired) electrons. The molecule has 1 saturated heterocycles. The van der Waals surface area contributed by atoms with Gasteiger partial charge in [-0.3, -0.25) is 9.59 Å². The highest BCUT2D eigenvalue weighted by Gasteiger charge is 2.40. The zero-order chi connectivity index (χ0) is 23.7. The maximum atomic E-state index is 13.6. The third kappa shape index (κ3) is 3.94. The molecule has 2 amide bonds. The fourth-order valence-electron chi connectivity index (χ4n) is 4.80. The third-order valence-electron chi connectivity index (χ3n) is 6.48. The van der Waals surface area contributed by atoms with Crippen LogP contribution in [0.25, 0.3) is 0 Å². The highest BCUT2D eigenvalue weighted by atomic mass is 16.5. The van der Waals surface area contributed by atoms with E-state index in [2.05, 4.69) is 6.92 Å². The topological polar surface area (TPSA) is 77.5 Å². The number of aryl methyl sites for hydroxylation is 1. The van der Waals surface area contributed by atoms with Gasteiger partial charge in [0.1, 0.15) is 5.75 Å². The van der Waals surface area contributed by atoms with Gasteiger partial charge < -0.3 is 28.7 Å². The molecule has 2 heterocycles. The van der Waals surface area contributed by atoms with E-state index >= 15 is 0 Å². The van der Waals surface area contributed by atoms with Gasteiger partial charge in [0.25, 0.3) is 0 Å². The molecule has 8 heteroatoms. The first-order valence-corrected chi connectivity index (χ1v) is 11.0. The van der Waals surface area contributed by atoms with Crippen molar-refractivity contribution in [3.05, 3.63) is 35.4 Å². The van der Waals surface area contributed by atoms with Gasteiger partial charge in [-0.1, -0.05) is 6.07 Å². The molecule has 0 saturated carbocycles. The van der Waals surface area contributed by atoms with E-state index in [1.807, 2.05) is 12.1 Å². The summed E-state index contributed by atoms with van der Waals surface area (Å²) < 4.78 is 21.8. The summed E-state index contributed by atoms with van der Waals surface area (Å²) in [6.07, 6.45) is 1.93. The fraction of sp³-hybridized carbons (Fsp3) is 0.440. The Morgan fingerprint density at radius 2 is 1.64 bits per heavy atom. The number of fused-ring (bicyclic) bond motifs is 1. The minimum Gasteiger partial charge on any atom is -0.495 e. The lowest BCUT2D eigenvalue weighted by Gasteiger charge is -2.33. The first-order valence-electron chi connectivity index (χ1n) is 11.0. The molecule has 2 aliphatic heterocycles. The van der Waals surface area contributed by atoms with Crippen molar-refractivity contribution in [2.24, 2.45) is 5.92 Å². The van der Waals surface area contributed by atoms with Gasteiger partial charge in [-0.2, -0.15) is 0 Å². The Balaban J connectivity index is 1.63. The Morgan fingerprint density at radius 1 is 0.970 bits per heavy atom. The first-order chi connectivity index (χ1) is 15.9. The monoisotopic (exact) mass is 454 g/mol. The molecule has 0 aliphatic carbocycles. The Kier molecular flexibility index (Phi) is 6.35. The number of nitrogens with zero attached hydrogens (tertiary/aromatic N) is 2. The lowest BCUT2D eigenvalue weighted by atomic mass is 9.94. The number of amides is 2. The second kappa shape index (κ2) is 9.21. The predicted octanol–water partition coefficient (Wildman–Crippen LogP) is 3.36. The summed E-state index contributed by atoms with van der Waals surface area (Å²) in [5.74, 6) is 1.44. The Labute approximate surface area is 194 Å². The summed E-state index contributed by atoms with van der Waals surface area (Å²) >= 11 is 0. The molecule has 8 nitrogen and oxygen atoms in total. The zero-order valence-electron chi connectivity index (χ0n) is 19.8. The molecule has 0 bridgehead atoms. The number of carbonyl (C=O) groups is 2. The van der Waals surface area contributed by atoms with E-state index < -0.39 is 5.92 Å². The fourth-order valence-corrected chi connectivity index (χ4v) is 4.80. The van der Waals surface area contributed by atoms with Crippen LogP contribution in [-0.2, 0) is 16.0 Å². The van der Waals surface area contributed by atoms with Crippen LogP contribution in [0.2, 0.25) is 0 Å². The van der Waals surface area contributed by atoms with Crippen LogP contribution < -0.4 is 28.7 Å². The van der Waals surface area contributed by atoms with Crippen molar-refractivity contribution in [2.75, 3.05) is 51.3 Å². The molecular formula is C25H30N2O6. The number of carbonyl (C=O) groups excluding carboxylic acids is 2. The van der Waals surface area contributed by atoms with E-state index in [1.54, 1.807) is 29.0 Å². The molecule has 33 heavy (non-hydrogen) atoms. The van der Waals surface area contributed by atoms with E-state index in [9.17, 15) is 9.59 Å². The van der Waals surface area contributed by atoms with Gasteiger partial charge in [0, 0.05) is 31.6 Å². The van der Waals surface area contributed by atoms with E-state index in [4.69, 9.17) is 18.9 Å². The number of hydrogen-bond acceptors (Lipinski definition) is 6. The third-order valence-corrected chi connectivity index (χ3v) is 6.48. The summed E-state index contributed by atoms with van der Waals surface area (Å²) in [4.78, 5) is 30.0. The number of benzene rings is 2. The maximum Gasteiger partial charge on any atom is 0.232 e. The minimum absolute atomic E-state index is 0.0526. The summed E-state index contributed by atoms with van der Waals surface area (Å²) in [6.45, 7) is 2.95. The second-order valence-corrected chi connectivity index (χ2v) is 8.29. The first kappa shape index (κ1) is 22.8. The van der Waals surface area contributed by atoms with Crippen molar-refractivity contribution in [1.29, 1.82) is 0 Å². The Bertz CT molecular complexity index is 1060. The van der Waals surface area contributed by atoms with Crippen molar-refractivity contribution < 1.29 is 28.5 Å². The van der Waals surface area contributed by atoms with Crippen LogP contribution in [0.15, 0.2) is 24.3 Å². The van der Waals surface area contributed by atoms with Crippen LogP contribution in [0, 0.1) is 12.8 Å². The predicted molar refractivity (Wildman–Crippen MR) is 125 cm³/mol.